The number of nitrogens with one attached hydrogen (secondary N) is 1. The van der Waals surface area contributed by atoms with Crippen LogP contribution in [0.5, 0.6) is 0 Å². The molecule has 2 unspecified atom stereocenters. The van der Waals surface area contributed by atoms with Crippen molar-refractivity contribution in [2.75, 3.05) is 0 Å². The van der Waals surface area contributed by atoms with Crippen LogP contribution in [0.15, 0.2) is 0 Å². The molecule has 0 aliphatic heterocycles. The van der Waals surface area contributed by atoms with Crippen LogP contribution in [0.1, 0.15) is 52.9 Å². The van der Waals surface area contributed by atoms with E-state index in [0.717, 1.165) is 31.6 Å². The fraction of sp³-hybridized carbons (Fsp3) is 0.917. The summed E-state index contributed by atoms with van der Waals surface area (Å²) in [6.45, 7) is 6.39. The Morgan fingerprint density at radius 1 is 1.40 bits per heavy atom. The number of hydrogen-bond acceptors (Lipinski definition) is 2. The third-order valence-electron chi connectivity index (χ3n) is 3.40. The topological polar surface area (TPSA) is 55.1 Å². The lowest BCUT2D eigenvalue weighted by atomic mass is 9.88. The van der Waals surface area contributed by atoms with Crippen molar-refractivity contribution >= 4 is 5.91 Å². The van der Waals surface area contributed by atoms with E-state index < -0.39 is 5.54 Å². The van der Waals surface area contributed by atoms with E-state index in [1.807, 2.05) is 0 Å². The van der Waals surface area contributed by atoms with Crippen LogP contribution >= 0.6 is 0 Å². The van der Waals surface area contributed by atoms with Gasteiger partial charge in [-0.25, -0.2) is 0 Å². The van der Waals surface area contributed by atoms with E-state index in [1.165, 1.54) is 6.42 Å². The Morgan fingerprint density at radius 3 is 2.60 bits per heavy atom. The molecule has 1 aliphatic carbocycles. The lowest BCUT2D eigenvalue weighted by molar-refractivity contribution is -0.125. The van der Waals surface area contributed by atoms with E-state index in [0.29, 0.717) is 6.04 Å². The minimum absolute atomic E-state index is 0.176. The third kappa shape index (κ3) is 3.20. The van der Waals surface area contributed by atoms with Gasteiger partial charge in [0.2, 0.25) is 5.91 Å². The van der Waals surface area contributed by atoms with E-state index in [4.69, 9.17) is 5.73 Å². The van der Waals surface area contributed by atoms with Gasteiger partial charge in [-0.05, 0) is 39.0 Å². The van der Waals surface area contributed by atoms with E-state index >= 15 is 0 Å². The third-order valence-corrected chi connectivity index (χ3v) is 3.40. The molecule has 3 N–H and O–H groups in total. The Labute approximate surface area is 92.8 Å². The molecule has 0 aromatic rings. The van der Waals surface area contributed by atoms with E-state index in [-0.39, 0.29) is 5.91 Å². The monoisotopic (exact) mass is 212 g/mol. The molecule has 0 spiro atoms. The van der Waals surface area contributed by atoms with Gasteiger partial charge in [0.25, 0.3) is 0 Å². The number of nitrogens with two attached hydrogens (primary N) is 1. The molecule has 1 saturated carbocycles. The molecule has 15 heavy (non-hydrogen) atoms. The van der Waals surface area contributed by atoms with Crippen LogP contribution in [0.2, 0.25) is 0 Å². The van der Waals surface area contributed by atoms with Crippen LogP contribution in [-0.4, -0.2) is 17.5 Å². The first kappa shape index (κ1) is 12.5. The number of amides is 1. The molecule has 0 radical (unpaired) electrons. The molecule has 1 aliphatic rings. The van der Waals surface area contributed by atoms with Gasteiger partial charge >= 0.3 is 0 Å². The summed E-state index contributed by atoms with van der Waals surface area (Å²) < 4.78 is 0. The highest BCUT2D eigenvalue weighted by molar-refractivity contribution is 5.84. The summed E-state index contributed by atoms with van der Waals surface area (Å²) in [6.07, 6.45) is 5.20. The second-order valence-corrected chi connectivity index (χ2v) is 5.28. The Balaban J connectivity index is 2.75. The Hall–Kier alpha value is -0.570. The highest BCUT2D eigenvalue weighted by Gasteiger charge is 2.37. The molecule has 0 aromatic heterocycles. The van der Waals surface area contributed by atoms with Crippen LogP contribution in [-0.2, 0) is 4.79 Å². The molecule has 0 aromatic carbocycles. The van der Waals surface area contributed by atoms with Crippen molar-refractivity contribution in [1.82, 2.24) is 5.32 Å². The lowest BCUT2D eigenvalue weighted by Crippen LogP contribution is -2.57. The highest BCUT2D eigenvalue weighted by Crippen LogP contribution is 2.30. The molecule has 1 fully saturated rings. The number of carbonyl (C=O) groups is 1. The Kier molecular flexibility index (Phi) is 4.14. The van der Waals surface area contributed by atoms with Crippen molar-refractivity contribution in [3.8, 4) is 0 Å². The van der Waals surface area contributed by atoms with Gasteiger partial charge in [-0.1, -0.05) is 19.8 Å². The number of hydrogen-bond donors (Lipinski definition) is 2. The molecule has 1 rings (SSSR count). The van der Waals surface area contributed by atoms with Crippen LogP contribution < -0.4 is 11.1 Å². The van der Waals surface area contributed by atoms with Crippen LogP contribution in [0, 0.1) is 5.92 Å². The molecule has 0 bridgehead atoms. The van der Waals surface area contributed by atoms with Crippen molar-refractivity contribution in [3.05, 3.63) is 0 Å². The molecule has 88 valence electrons. The summed E-state index contributed by atoms with van der Waals surface area (Å²) in [4.78, 5) is 11.6. The summed E-state index contributed by atoms with van der Waals surface area (Å²) in [6, 6.07) is 0.311. The molecule has 2 atom stereocenters. The highest BCUT2D eigenvalue weighted by atomic mass is 16.1. The molecule has 1 amide bonds. The summed E-state index contributed by atoms with van der Waals surface area (Å²) in [7, 11) is 0. The zero-order valence-electron chi connectivity index (χ0n) is 10.2. The Bertz CT molecular complexity index is 228. The van der Waals surface area contributed by atoms with Gasteiger partial charge in [0.15, 0.2) is 0 Å². The molecule has 3 nitrogen and oxygen atoms in total. The fourth-order valence-electron chi connectivity index (χ4n) is 2.53. The first-order valence-corrected chi connectivity index (χ1v) is 6.04. The van der Waals surface area contributed by atoms with E-state index in [9.17, 15) is 4.79 Å². The minimum atomic E-state index is -0.446. The van der Waals surface area contributed by atoms with Gasteiger partial charge in [-0.3, -0.25) is 4.79 Å². The van der Waals surface area contributed by atoms with Gasteiger partial charge in [0.05, 0.1) is 5.54 Å². The van der Waals surface area contributed by atoms with E-state index in [2.05, 4.69) is 26.1 Å². The second kappa shape index (κ2) is 4.97. The number of carbonyl (C=O) groups excluding carboxylic acids is 1. The van der Waals surface area contributed by atoms with Crippen molar-refractivity contribution in [2.24, 2.45) is 11.7 Å². The number of rotatable bonds is 3. The molecular formula is C12H24N2O. The van der Waals surface area contributed by atoms with Crippen molar-refractivity contribution in [2.45, 2.75) is 64.5 Å². The summed E-state index contributed by atoms with van der Waals surface area (Å²) >= 11 is 0. The first-order chi connectivity index (χ1) is 6.96. The van der Waals surface area contributed by atoms with E-state index in [1.54, 1.807) is 0 Å². The maximum absolute atomic E-state index is 11.6. The van der Waals surface area contributed by atoms with Crippen LogP contribution in [0.4, 0.5) is 0 Å². The van der Waals surface area contributed by atoms with Crippen molar-refractivity contribution in [3.63, 3.8) is 0 Å². The molecule has 0 saturated heterocycles. The first-order valence-electron chi connectivity index (χ1n) is 6.04. The normalized spacial score (nSPS) is 32.7. The van der Waals surface area contributed by atoms with Gasteiger partial charge in [-0.2, -0.15) is 0 Å². The zero-order chi connectivity index (χ0) is 11.5. The predicted molar refractivity (Wildman–Crippen MR) is 62.4 cm³/mol. The standard InChI is InChI=1S/C12H24N2O/c1-9(2)14-12(11(13)15)7-4-5-10(3)6-8-12/h9-10,14H,4-8H2,1-3H3,(H2,13,15). The van der Waals surface area contributed by atoms with Gasteiger partial charge in [-0.15, -0.1) is 0 Å². The van der Waals surface area contributed by atoms with Gasteiger partial charge in [0, 0.05) is 6.04 Å². The predicted octanol–water partition coefficient (Wildman–Crippen LogP) is 1.81. The van der Waals surface area contributed by atoms with Gasteiger partial charge in [0.1, 0.15) is 0 Å². The molecule has 0 heterocycles. The quantitative estimate of drug-likeness (QED) is 0.701. The average molecular weight is 212 g/mol. The SMILES string of the molecule is CC1CCCC(NC(C)C)(C(N)=O)CC1. The largest absolute Gasteiger partial charge is 0.368 e. The Morgan fingerprint density at radius 2 is 2.07 bits per heavy atom. The molecular weight excluding hydrogens is 188 g/mol. The fourth-order valence-corrected chi connectivity index (χ4v) is 2.53. The minimum Gasteiger partial charge on any atom is -0.368 e. The second-order valence-electron chi connectivity index (χ2n) is 5.28. The van der Waals surface area contributed by atoms with Crippen molar-refractivity contribution in [1.29, 1.82) is 0 Å². The van der Waals surface area contributed by atoms with Crippen LogP contribution in [0.3, 0.4) is 0 Å². The summed E-state index contributed by atoms with van der Waals surface area (Å²) in [5.74, 6) is 0.547. The maximum Gasteiger partial charge on any atom is 0.237 e. The molecule has 3 heteroatoms. The average Bonchev–Trinajstić information content (AvgIpc) is 2.28. The number of primary amides is 1. The summed E-state index contributed by atoms with van der Waals surface area (Å²) in [5.41, 5.74) is 5.12. The van der Waals surface area contributed by atoms with Gasteiger partial charge < -0.3 is 11.1 Å². The summed E-state index contributed by atoms with van der Waals surface area (Å²) in [5, 5.41) is 3.38. The van der Waals surface area contributed by atoms with Crippen molar-refractivity contribution < 1.29 is 4.79 Å². The maximum atomic E-state index is 11.6. The smallest absolute Gasteiger partial charge is 0.237 e. The zero-order valence-corrected chi connectivity index (χ0v) is 10.2. The van der Waals surface area contributed by atoms with Crippen LogP contribution in [0.25, 0.3) is 0 Å². The lowest BCUT2D eigenvalue weighted by Gasteiger charge is -2.32.